The molecule has 5 nitrogen and oxygen atoms in total. The van der Waals surface area contributed by atoms with Gasteiger partial charge in [-0.1, -0.05) is 18.2 Å². The summed E-state index contributed by atoms with van der Waals surface area (Å²) in [6, 6.07) is 8.88. The number of piperidine rings is 1. The second kappa shape index (κ2) is 5.88. The molecule has 136 valence electrons. The lowest BCUT2D eigenvalue weighted by Crippen LogP contribution is -2.51. The summed E-state index contributed by atoms with van der Waals surface area (Å²) in [5.41, 5.74) is 4.69. The number of hydrogen-bond acceptors (Lipinski definition) is 4. The number of aromatic nitrogens is 1. The molecule has 0 bridgehead atoms. The van der Waals surface area contributed by atoms with E-state index in [1.54, 1.807) is 6.26 Å². The third-order valence-electron chi connectivity index (χ3n) is 6.54. The highest BCUT2D eigenvalue weighted by atomic mass is 16.5. The van der Waals surface area contributed by atoms with Crippen LogP contribution >= 0.6 is 0 Å². The van der Waals surface area contributed by atoms with Gasteiger partial charge in [-0.3, -0.25) is 4.90 Å². The summed E-state index contributed by atoms with van der Waals surface area (Å²) >= 11 is 0. The highest BCUT2D eigenvalue weighted by Gasteiger charge is 2.46. The zero-order valence-corrected chi connectivity index (χ0v) is 15.2. The number of carbonyl (C=O) groups excluding carboxylic acids is 1. The van der Waals surface area contributed by atoms with Crippen LogP contribution in [0.5, 0.6) is 0 Å². The summed E-state index contributed by atoms with van der Waals surface area (Å²) < 4.78 is 10.8. The molecule has 5 rings (SSSR count). The third kappa shape index (κ3) is 2.23. The molecule has 3 aliphatic heterocycles. The molecule has 0 aliphatic carbocycles. The Morgan fingerprint density at radius 3 is 3.04 bits per heavy atom. The highest BCUT2D eigenvalue weighted by Crippen LogP contribution is 2.47. The molecule has 26 heavy (non-hydrogen) atoms. The largest absolute Gasteiger partial charge is 0.497 e. The van der Waals surface area contributed by atoms with Crippen LogP contribution in [-0.2, 0) is 20.7 Å². The van der Waals surface area contributed by atoms with Gasteiger partial charge in [-0.2, -0.15) is 0 Å². The summed E-state index contributed by atoms with van der Waals surface area (Å²) in [4.78, 5) is 18.5. The topological polar surface area (TPSA) is 54.6 Å². The summed E-state index contributed by atoms with van der Waals surface area (Å²) in [7, 11) is 1.45. The number of esters is 1. The lowest BCUT2D eigenvalue weighted by Gasteiger charge is -2.49. The maximum Gasteiger partial charge on any atom is 0.337 e. The van der Waals surface area contributed by atoms with Crippen LogP contribution in [0.1, 0.15) is 30.6 Å². The molecule has 5 heteroatoms. The molecule has 1 saturated heterocycles. The van der Waals surface area contributed by atoms with E-state index >= 15 is 0 Å². The van der Waals surface area contributed by atoms with Gasteiger partial charge in [0.15, 0.2) is 0 Å². The number of methoxy groups -OCH3 is 1. The maximum absolute atomic E-state index is 12.3. The molecule has 1 fully saturated rings. The van der Waals surface area contributed by atoms with Gasteiger partial charge >= 0.3 is 5.97 Å². The summed E-state index contributed by atoms with van der Waals surface area (Å²) in [6.45, 7) is 4.13. The van der Waals surface area contributed by atoms with Crippen molar-refractivity contribution in [3.8, 4) is 0 Å². The van der Waals surface area contributed by atoms with Crippen molar-refractivity contribution in [3.63, 3.8) is 0 Å². The molecule has 1 aromatic carbocycles. The molecular formula is C21H24N2O3. The standard InChI is InChI=1S/C21H24N2O3/c1-12-16-10-23-8-7-14-13-5-3-4-6-18(13)22-20(14)19(23)9-15(16)17(11-26-12)21(24)25-2/h3-6,11-12,15-16,19,22H,7-10H2,1-2H3/t12-,15-,16-,19?/m1/s1. The van der Waals surface area contributed by atoms with Crippen molar-refractivity contribution in [1.82, 2.24) is 9.88 Å². The van der Waals surface area contributed by atoms with E-state index in [2.05, 4.69) is 41.1 Å². The van der Waals surface area contributed by atoms with Crippen molar-refractivity contribution in [2.24, 2.45) is 11.8 Å². The normalized spacial score (nSPS) is 30.6. The van der Waals surface area contributed by atoms with Crippen molar-refractivity contribution in [2.45, 2.75) is 31.9 Å². The SMILES string of the molecule is COC(=O)C1=CO[C@H](C)[C@H]2CN3CCc4c([nH]c5ccccc45)C3C[C@@H]12. The van der Waals surface area contributed by atoms with E-state index in [1.165, 1.54) is 29.3 Å². The first-order valence-corrected chi connectivity index (χ1v) is 9.44. The Morgan fingerprint density at radius 1 is 1.35 bits per heavy atom. The van der Waals surface area contributed by atoms with Crippen molar-refractivity contribution in [1.29, 1.82) is 0 Å². The van der Waals surface area contributed by atoms with Crippen LogP contribution in [0.15, 0.2) is 36.1 Å². The van der Waals surface area contributed by atoms with Crippen LogP contribution in [0, 0.1) is 11.8 Å². The van der Waals surface area contributed by atoms with Crippen LogP contribution in [0.3, 0.4) is 0 Å². The lowest BCUT2D eigenvalue weighted by atomic mass is 9.72. The number of nitrogens with zero attached hydrogens (tertiary/aromatic N) is 1. The Balaban J connectivity index is 1.55. The first-order chi connectivity index (χ1) is 12.7. The van der Waals surface area contributed by atoms with Crippen LogP contribution in [0.25, 0.3) is 10.9 Å². The smallest absolute Gasteiger partial charge is 0.337 e. The Bertz CT molecular complexity index is 900. The molecule has 1 unspecified atom stereocenters. The van der Waals surface area contributed by atoms with E-state index in [9.17, 15) is 4.79 Å². The van der Waals surface area contributed by atoms with E-state index in [1.807, 2.05) is 0 Å². The number of hydrogen-bond donors (Lipinski definition) is 1. The number of benzene rings is 1. The Hall–Kier alpha value is -2.27. The molecule has 0 saturated carbocycles. The number of carbonyl (C=O) groups is 1. The first kappa shape index (κ1) is 15.9. The Labute approximate surface area is 153 Å². The Morgan fingerprint density at radius 2 is 2.19 bits per heavy atom. The molecule has 1 N–H and O–H groups in total. The summed E-state index contributed by atoms with van der Waals surface area (Å²) in [5, 5.41) is 1.34. The van der Waals surface area contributed by atoms with Crippen LogP contribution < -0.4 is 0 Å². The van der Waals surface area contributed by atoms with Crippen molar-refractivity contribution in [3.05, 3.63) is 47.4 Å². The molecule has 3 aliphatic rings. The minimum atomic E-state index is -0.256. The number of ether oxygens (including phenoxy) is 2. The molecule has 1 aromatic heterocycles. The quantitative estimate of drug-likeness (QED) is 0.801. The minimum Gasteiger partial charge on any atom is -0.497 e. The van der Waals surface area contributed by atoms with E-state index in [4.69, 9.17) is 9.47 Å². The fourth-order valence-corrected chi connectivity index (χ4v) is 5.19. The second-order valence-electron chi connectivity index (χ2n) is 7.74. The van der Waals surface area contributed by atoms with Gasteiger partial charge in [0.2, 0.25) is 0 Å². The molecule has 0 spiro atoms. The number of para-hydroxylation sites is 1. The predicted octanol–water partition coefficient (Wildman–Crippen LogP) is 3.18. The molecular weight excluding hydrogens is 328 g/mol. The van der Waals surface area contributed by atoms with Gasteiger partial charge < -0.3 is 14.5 Å². The molecule has 4 atom stereocenters. The molecule has 0 radical (unpaired) electrons. The zero-order chi connectivity index (χ0) is 17.8. The van der Waals surface area contributed by atoms with E-state index < -0.39 is 0 Å². The third-order valence-corrected chi connectivity index (χ3v) is 6.54. The van der Waals surface area contributed by atoms with Gasteiger partial charge in [-0.15, -0.1) is 0 Å². The van der Waals surface area contributed by atoms with Gasteiger partial charge in [-0.25, -0.2) is 4.79 Å². The van der Waals surface area contributed by atoms with Crippen LogP contribution in [-0.4, -0.2) is 42.2 Å². The number of rotatable bonds is 1. The monoisotopic (exact) mass is 352 g/mol. The average molecular weight is 352 g/mol. The van der Waals surface area contributed by atoms with Crippen molar-refractivity contribution in [2.75, 3.05) is 20.2 Å². The molecule has 2 aromatic rings. The minimum absolute atomic E-state index is 0.124. The zero-order valence-electron chi connectivity index (χ0n) is 15.2. The molecule has 4 heterocycles. The maximum atomic E-state index is 12.3. The predicted molar refractivity (Wildman–Crippen MR) is 98.6 cm³/mol. The Kier molecular flexibility index (Phi) is 3.60. The van der Waals surface area contributed by atoms with Crippen molar-refractivity contribution >= 4 is 16.9 Å². The fraction of sp³-hybridized carbons (Fsp3) is 0.476. The molecule has 0 amide bonds. The number of fused-ring (bicyclic) bond motifs is 6. The van der Waals surface area contributed by atoms with Gasteiger partial charge in [0.1, 0.15) is 0 Å². The van der Waals surface area contributed by atoms with E-state index in [0.717, 1.165) is 25.9 Å². The summed E-state index contributed by atoms with van der Waals surface area (Å²) in [5.74, 6) is 0.258. The average Bonchev–Trinajstić information content (AvgIpc) is 3.06. The van der Waals surface area contributed by atoms with Gasteiger partial charge in [0.25, 0.3) is 0 Å². The van der Waals surface area contributed by atoms with Crippen LogP contribution in [0.2, 0.25) is 0 Å². The summed E-state index contributed by atoms with van der Waals surface area (Å²) in [6.07, 6.45) is 3.77. The van der Waals surface area contributed by atoms with E-state index in [0.29, 0.717) is 17.5 Å². The number of nitrogens with one attached hydrogen (secondary N) is 1. The van der Waals surface area contributed by atoms with E-state index in [-0.39, 0.29) is 18.0 Å². The second-order valence-corrected chi connectivity index (χ2v) is 7.74. The lowest BCUT2D eigenvalue weighted by molar-refractivity contribution is -0.139. The van der Waals surface area contributed by atoms with Gasteiger partial charge in [-0.05, 0) is 31.4 Å². The van der Waals surface area contributed by atoms with Gasteiger partial charge in [0.05, 0.1) is 31.1 Å². The highest BCUT2D eigenvalue weighted by molar-refractivity contribution is 5.89. The fourth-order valence-electron chi connectivity index (χ4n) is 5.19. The van der Waals surface area contributed by atoms with Crippen LogP contribution in [0.4, 0.5) is 0 Å². The first-order valence-electron chi connectivity index (χ1n) is 9.44. The number of H-pyrrole nitrogens is 1. The number of aromatic amines is 1. The van der Waals surface area contributed by atoms with Crippen molar-refractivity contribution < 1.29 is 14.3 Å². The van der Waals surface area contributed by atoms with Gasteiger partial charge in [0, 0.05) is 41.5 Å².